The minimum atomic E-state index is 0.275. The van der Waals surface area contributed by atoms with Gasteiger partial charge >= 0.3 is 0 Å². The molecule has 0 radical (unpaired) electrons. The average Bonchev–Trinajstić information content (AvgIpc) is 3.07. The van der Waals surface area contributed by atoms with Gasteiger partial charge in [-0.3, -0.25) is 0 Å². The summed E-state index contributed by atoms with van der Waals surface area (Å²) in [6.07, 6.45) is 17.9. The van der Waals surface area contributed by atoms with Crippen molar-refractivity contribution in [1.29, 1.82) is 0 Å². The van der Waals surface area contributed by atoms with E-state index in [0.717, 1.165) is 38.0 Å². The molecule has 0 aromatic carbocycles. The Balaban J connectivity index is 3.02. The zero-order valence-electron chi connectivity index (χ0n) is 20.7. The fourth-order valence-electron chi connectivity index (χ4n) is 5.37. The maximum absolute atomic E-state index is 3.72. The molecular formula is C27H52N2. The second-order valence-corrected chi connectivity index (χ2v) is 9.36. The average molecular weight is 405 g/mol. The van der Waals surface area contributed by atoms with Crippen molar-refractivity contribution < 1.29 is 0 Å². The molecule has 0 fully saturated rings. The van der Waals surface area contributed by atoms with E-state index in [-0.39, 0.29) is 5.41 Å². The lowest BCUT2D eigenvalue weighted by Crippen LogP contribution is -2.36. The number of allylic oxidation sites excluding steroid dienone is 2. The molecule has 2 N–H and O–H groups in total. The molecule has 2 unspecified atom stereocenters. The molecule has 0 aliphatic heterocycles. The van der Waals surface area contributed by atoms with Crippen molar-refractivity contribution in [2.75, 3.05) is 26.2 Å². The Morgan fingerprint density at radius 2 is 1.24 bits per heavy atom. The quantitative estimate of drug-likeness (QED) is 0.235. The molecule has 1 aliphatic carbocycles. The van der Waals surface area contributed by atoms with Crippen molar-refractivity contribution in [2.24, 2.45) is 17.3 Å². The Morgan fingerprint density at radius 1 is 0.724 bits per heavy atom. The highest BCUT2D eigenvalue weighted by Crippen LogP contribution is 2.53. The van der Waals surface area contributed by atoms with E-state index in [1.807, 2.05) is 0 Å². The third-order valence-corrected chi connectivity index (χ3v) is 7.08. The third kappa shape index (κ3) is 7.87. The van der Waals surface area contributed by atoms with Crippen LogP contribution in [0.4, 0.5) is 0 Å². The lowest BCUT2D eigenvalue weighted by atomic mass is 9.61. The van der Waals surface area contributed by atoms with Crippen molar-refractivity contribution >= 4 is 0 Å². The largest absolute Gasteiger partial charge is 0.316 e. The number of rotatable bonds is 18. The summed E-state index contributed by atoms with van der Waals surface area (Å²) >= 11 is 0. The SMILES string of the molecule is CCCCNCCC1=C(CCNCCCC)C(C(C)CCC)(C(C)CCC)C=C1. The van der Waals surface area contributed by atoms with Crippen LogP contribution in [0, 0.1) is 17.3 Å². The van der Waals surface area contributed by atoms with Gasteiger partial charge in [-0.1, -0.05) is 85.0 Å². The van der Waals surface area contributed by atoms with Crippen molar-refractivity contribution in [1.82, 2.24) is 10.6 Å². The molecule has 29 heavy (non-hydrogen) atoms. The van der Waals surface area contributed by atoms with E-state index in [9.17, 15) is 0 Å². The van der Waals surface area contributed by atoms with E-state index in [2.05, 4.69) is 64.3 Å². The van der Waals surface area contributed by atoms with Gasteiger partial charge in [-0.15, -0.1) is 0 Å². The van der Waals surface area contributed by atoms with E-state index >= 15 is 0 Å². The van der Waals surface area contributed by atoms with E-state index < -0.39 is 0 Å². The van der Waals surface area contributed by atoms with Gasteiger partial charge in [-0.25, -0.2) is 0 Å². The maximum Gasteiger partial charge on any atom is 0.0151 e. The van der Waals surface area contributed by atoms with Crippen LogP contribution in [0.15, 0.2) is 23.3 Å². The van der Waals surface area contributed by atoms with Crippen LogP contribution < -0.4 is 10.6 Å². The predicted octanol–water partition coefficient (Wildman–Crippen LogP) is 7.27. The van der Waals surface area contributed by atoms with Gasteiger partial charge in [0.2, 0.25) is 0 Å². The second kappa shape index (κ2) is 15.2. The van der Waals surface area contributed by atoms with Crippen LogP contribution in [-0.4, -0.2) is 26.2 Å². The molecule has 1 aliphatic rings. The molecule has 0 saturated carbocycles. The highest BCUT2D eigenvalue weighted by Gasteiger charge is 2.44. The molecule has 1 rings (SSSR count). The normalized spacial score (nSPS) is 21.2. The molecule has 0 bridgehead atoms. The van der Waals surface area contributed by atoms with Gasteiger partial charge < -0.3 is 10.6 Å². The zero-order chi connectivity index (χ0) is 21.5. The third-order valence-electron chi connectivity index (χ3n) is 7.08. The summed E-state index contributed by atoms with van der Waals surface area (Å²) in [6.45, 7) is 18.8. The zero-order valence-corrected chi connectivity index (χ0v) is 20.7. The summed E-state index contributed by atoms with van der Waals surface area (Å²) in [5.41, 5.74) is 3.68. The first-order valence-corrected chi connectivity index (χ1v) is 12.9. The van der Waals surface area contributed by atoms with Gasteiger partial charge in [0.25, 0.3) is 0 Å². The highest BCUT2D eigenvalue weighted by atomic mass is 14.8. The fourth-order valence-corrected chi connectivity index (χ4v) is 5.37. The first-order valence-electron chi connectivity index (χ1n) is 12.9. The molecule has 170 valence electrons. The van der Waals surface area contributed by atoms with Gasteiger partial charge in [-0.2, -0.15) is 0 Å². The van der Waals surface area contributed by atoms with Crippen molar-refractivity contribution in [3.05, 3.63) is 23.3 Å². The van der Waals surface area contributed by atoms with Gasteiger partial charge in [0, 0.05) is 5.41 Å². The standard InChI is InChI=1S/C27H52N2/c1-7-11-19-28-21-16-25-15-18-27(23(5)13-9-3,24(6)14-10-4)26(25)17-22-29-20-12-8-2/h15,18,23-24,28-29H,7-14,16-17,19-22H2,1-6H3. The molecule has 0 amide bonds. The number of hydrogen-bond donors (Lipinski definition) is 2. The van der Waals surface area contributed by atoms with E-state index in [1.165, 1.54) is 64.2 Å². The molecule has 0 saturated heterocycles. The maximum atomic E-state index is 3.72. The van der Waals surface area contributed by atoms with E-state index in [0.29, 0.717) is 0 Å². The Bertz CT molecular complexity index is 465. The summed E-state index contributed by atoms with van der Waals surface area (Å²) < 4.78 is 0. The van der Waals surface area contributed by atoms with Crippen molar-refractivity contribution in [2.45, 2.75) is 106 Å². The summed E-state index contributed by atoms with van der Waals surface area (Å²) in [4.78, 5) is 0. The van der Waals surface area contributed by atoms with Gasteiger partial charge in [0.15, 0.2) is 0 Å². The lowest BCUT2D eigenvalue weighted by molar-refractivity contribution is 0.176. The Hall–Kier alpha value is -0.600. The Morgan fingerprint density at radius 3 is 1.72 bits per heavy atom. The van der Waals surface area contributed by atoms with Crippen LogP contribution in [0.2, 0.25) is 0 Å². The monoisotopic (exact) mass is 404 g/mol. The van der Waals surface area contributed by atoms with Gasteiger partial charge in [-0.05, 0) is 82.1 Å². The van der Waals surface area contributed by atoms with Crippen molar-refractivity contribution in [3.63, 3.8) is 0 Å². The molecule has 0 aromatic rings. The van der Waals surface area contributed by atoms with Crippen LogP contribution in [0.5, 0.6) is 0 Å². The molecular weight excluding hydrogens is 352 g/mol. The van der Waals surface area contributed by atoms with Crippen LogP contribution in [-0.2, 0) is 0 Å². The Kier molecular flexibility index (Phi) is 13.9. The van der Waals surface area contributed by atoms with Crippen LogP contribution in [0.3, 0.4) is 0 Å². The molecule has 0 aromatic heterocycles. The Labute approximate surface area is 183 Å². The first-order chi connectivity index (χ1) is 14.1. The first kappa shape index (κ1) is 26.4. The molecule has 0 spiro atoms. The van der Waals surface area contributed by atoms with Gasteiger partial charge in [0.1, 0.15) is 0 Å². The van der Waals surface area contributed by atoms with Gasteiger partial charge in [0.05, 0.1) is 0 Å². The molecule has 2 nitrogen and oxygen atoms in total. The topological polar surface area (TPSA) is 24.1 Å². The predicted molar refractivity (Wildman–Crippen MR) is 132 cm³/mol. The van der Waals surface area contributed by atoms with Crippen molar-refractivity contribution in [3.8, 4) is 0 Å². The second-order valence-electron chi connectivity index (χ2n) is 9.36. The summed E-state index contributed by atoms with van der Waals surface area (Å²) in [7, 11) is 0. The van der Waals surface area contributed by atoms with Crippen LogP contribution in [0.1, 0.15) is 106 Å². The minimum Gasteiger partial charge on any atom is -0.316 e. The smallest absolute Gasteiger partial charge is 0.0151 e. The number of nitrogens with one attached hydrogen (secondary N) is 2. The minimum absolute atomic E-state index is 0.275. The molecule has 0 heterocycles. The number of unbranched alkanes of at least 4 members (excludes halogenated alkanes) is 2. The highest BCUT2D eigenvalue weighted by molar-refractivity contribution is 5.43. The van der Waals surface area contributed by atoms with E-state index in [1.54, 1.807) is 11.1 Å². The molecule has 2 heteroatoms. The summed E-state index contributed by atoms with van der Waals surface area (Å²) in [6, 6.07) is 0. The lowest BCUT2D eigenvalue weighted by Gasteiger charge is -2.43. The summed E-state index contributed by atoms with van der Waals surface area (Å²) in [5.74, 6) is 1.45. The number of hydrogen-bond acceptors (Lipinski definition) is 2. The van der Waals surface area contributed by atoms with Crippen LogP contribution >= 0.6 is 0 Å². The van der Waals surface area contributed by atoms with Crippen LogP contribution in [0.25, 0.3) is 0 Å². The summed E-state index contributed by atoms with van der Waals surface area (Å²) in [5, 5.41) is 7.39. The fraction of sp³-hybridized carbons (Fsp3) is 0.852. The molecule has 2 atom stereocenters. The van der Waals surface area contributed by atoms with E-state index in [4.69, 9.17) is 0 Å².